The van der Waals surface area contributed by atoms with Crippen molar-refractivity contribution in [3.05, 3.63) is 52.4 Å². The van der Waals surface area contributed by atoms with E-state index < -0.39 is 13.7 Å². The highest BCUT2D eigenvalue weighted by Crippen LogP contribution is 2.12. The van der Waals surface area contributed by atoms with Gasteiger partial charge >= 0.3 is 6.85 Å². The van der Waals surface area contributed by atoms with Gasteiger partial charge in [0.1, 0.15) is 12.5 Å². The van der Waals surface area contributed by atoms with Crippen molar-refractivity contribution in [1.29, 1.82) is 0 Å². The summed E-state index contributed by atoms with van der Waals surface area (Å²) in [6.45, 7) is -2.69. The van der Waals surface area contributed by atoms with Gasteiger partial charge in [0.05, 0.1) is 0 Å². The second kappa shape index (κ2) is 5.23. The fraction of sp³-hybridized carbons (Fsp3) is 0.263. The van der Waals surface area contributed by atoms with Gasteiger partial charge in [-0.3, -0.25) is 0 Å². The van der Waals surface area contributed by atoms with Crippen molar-refractivity contribution in [1.82, 2.24) is 9.79 Å². The number of hydrogen-bond donors (Lipinski definition) is 0. The van der Waals surface area contributed by atoms with Crippen molar-refractivity contribution in [2.75, 3.05) is 7.05 Å². The molecule has 4 heterocycles. The molecule has 24 heavy (non-hydrogen) atoms. The van der Waals surface area contributed by atoms with Crippen LogP contribution in [0.3, 0.4) is 0 Å². The first kappa shape index (κ1) is 9.67. The van der Waals surface area contributed by atoms with Gasteiger partial charge in [0.2, 0.25) is 5.71 Å². The van der Waals surface area contributed by atoms with Crippen molar-refractivity contribution >= 4 is 35.2 Å². The topological polar surface area (TPSA) is 33.2 Å². The third-order valence-corrected chi connectivity index (χ3v) is 4.56. The molecule has 120 valence electrons. The Morgan fingerprint density at radius 2 is 2.12 bits per heavy atom. The lowest BCUT2D eigenvalue weighted by molar-refractivity contribution is -0.654. The standard InChI is InChI=1S/C19H21BN3O/c1-12-6-9-17(22(4)10-12)20-14(3)18-16(11-23(20)5)15-8-7-13(2)21-19(15)24-18/h6-11H,1-5H3/q+1/i1D3,2D3. The Morgan fingerprint density at radius 1 is 1.25 bits per heavy atom. The molecule has 0 saturated heterocycles. The molecule has 1 aliphatic rings. The third-order valence-electron chi connectivity index (χ3n) is 4.56. The number of pyridine rings is 2. The van der Waals surface area contributed by atoms with Crippen LogP contribution in [0.4, 0.5) is 0 Å². The van der Waals surface area contributed by atoms with Gasteiger partial charge < -0.3 is 9.23 Å². The predicted molar refractivity (Wildman–Crippen MR) is 97.0 cm³/mol. The number of furan rings is 1. The molecule has 0 amide bonds. The zero-order chi connectivity index (χ0) is 22.0. The van der Waals surface area contributed by atoms with Crippen LogP contribution in [-0.2, 0) is 7.05 Å². The Kier molecular flexibility index (Phi) is 2.11. The quantitative estimate of drug-likeness (QED) is 0.484. The predicted octanol–water partition coefficient (Wildman–Crippen LogP) is 0.561. The highest BCUT2D eigenvalue weighted by Gasteiger charge is 2.35. The molecule has 0 saturated carbocycles. The van der Waals surface area contributed by atoms with E-state index in [4.69, 9.17) is 12.6 Å². The fourth-order valence-electron chi connectivity index (χ4n) is 3.46. The minimum absolute atomic E-state index is 0.00434. The second-order valence-electron chi connectivity index (χ2n) is 6.23. The van der Waals surface area contributed by atoms with Crippen molar-refractivity contribution in [3.8, 4) is 0 Å². The zero-order valence-electron chi connectivity index (χ0n) is 19.8. The maximum Gasteiger partial charge on any atom is 0.402 e. The Bertz CT molecular complexity index is 1280. The SMILES string of the molecule is [2H]C([2H])([2H])c1ccc(B2C(C)=c3oc4nc(C([2H])([2H])[2H])ccc4c3=CN2C)[n+](C)c1. The molecule has 0 radical (unpaired) electrons. The van der Waals surface area contributed by atoms with Crippen molar-refractivity contribution in [3.63, 3.8) is 0 Å². The summed E-state index contributed by atoms with van der Waals surface area (Å²) in [5.74, 6) is 0. The second-order valence-corrected chi connectivity index (χ2v) is 6.23. The summed E-state index contributed by atoms with van der Waals surface area (Å²) < 4.78 is 53.4. The molecule has 3 aromatic rings. The van der Waals surface area contributed by atoms with E-state index in [0.29, 0.717) is 11.1 Å². The van der Waals surface area contributed by atoms with Crippen molar-refractivity contribution in [2.24, 2.45) is 7.05 Å². The molecular weight excluding hydrogens is 297 g/mol. The van der Waals surface area contributed by atoms with E-state index in [1.807, 2.05) is 42.7 Å². The Balaban J connectivity index is 1.89. The van der Waals surface area contributed by atoms with E-state index >= 15 is 0 Å². The maximum atomic E-state index is 7.62. The lowest BCUT2D eigenvalue weighted by Crippen LogP contribution is -2.62. The molecule has 0 aliphatic carbocycles. The summed E-state index contributed by atoms with van der Waals surface area (Å²) in [4.78, 5) is 6.25. The van der Waals surface area contributed by atoms with E-state index in [0.717, 1.165) is 21.7 Å². The average Bonchev–Trinajstić information content (AvgIpc) is 2.99. The molecule has 5 heteroatoms. The van der Waals surface area contributed by atoms with Gasteiger partial charge in [-0.15, -0.1) is 0 Å². The largest absolute Gasteiger partial charge is 0.438 e. The van der Waals surface area contributed by atoms with Crippen LogP contribution in [0.1, 0.15) is 26.4 Å². The molecule has 0 bridgehead atoms. The molecular formula is C19H21BN3O+. The molecule has 4 nitrogen and oxygen atoms in total. The summed E-state index contributed by atoms with van der Waals surface area (Å²) >= 11 is 0. The van der Waals surface area contributed by atoms with Gasteiger partial charge in [0.15, 0.2) is 11.8 Å². The number of rotatable bonds is 1. The fourth-order valence-corrected chi connectivity index (χ4v) is 3.46. The highest BCUT2D eigenvalue weighted by molar-refractivity contribution is 6.85. The molecule has 0 N–H and O–H groups in total. The van der Waals surface area contributed by atoms with Crippen LogP contribution in [0.5, 0.6) is 0 Å². The minimum Gasteiger partial charge on any atom is -0.438 e. The summed E-state index contributed by atoms with van der Waals surface area (Å²) in [5.41, 5.74) is 3.06. The van der Waals surface area contributed by atoms with Gasteiger partial charge in [0, 0.05) is 30.1 Å². The van der Waals surface area contributed by atoms with E-state index in [2.05, 4.69) is 4.98 Å². The molecule has 4 rings (SSSR count). The molecule has 0 unspecified atom stereocenters. The Hall–Kier alpha value is -2.56. The molecule has 0 aromatic carbocycles. The summed E-state index contributed by atoms with van der Waals surface area (Å²) in [6.07, 6.45) is 3.58. The van der Waals surface area contributed by atoms with Crippen LogP contribution in [0.15, 0.2) is 34.9 Å². The third kappa shape index (κ3) is 2.15. The first-order valence-corrected chi connectivity index (χ1v) is 7.72. The smallest absolute Gasteiger partial charge is 0.402 e. The maximum absolute atomic E-state index is 7.62. The summed E-state index contributed by atoms with van der Waals surface area (Å²) in [5, 5.41) is 1.61. The lowest BCUT2D eigenvalue weighted by atomic mass is 9.50. The summed E-state index contributed by atoms with van der Waals surface area (Å²) in [7, 11) is 3.77. The van der Waals surface area contributed by atoms with Crippen molar-refractivity contribution < 1.29 is 17.2 Å². The van der Waals surface area contributed by atoms with Crippen LogP contribution in [0, 0.1) is 13.7 Å². The molecule has 0 atom stereocenters. The number of fused-ring (bicyclic) bond motifs is 3. The molecule has 0 fully saturated rings. The van der Waals surface area contributed by atoms with E-state index in [9.17, 15) is 0 Å². The van der Waals surface area contributed by atoms with Gasteiger partial charge in [-0.1, -0.05) is 0 Å². The van der Waals surface area contributed by atoms with Gasteiger partial charge in [0.25, 0.3) is 0 Å². The van der Waals surface area contributed by atoms with Gasteiger partial charge in [-0.25, -0.2) is 9.55 Å². The number of hydrogen-bond acceptors (Lipinski definition) is 3. The van der Waals surface area contributed by atoms with Gasteiger partial charge in [-0.2, -0.15) is 0 Å². The monoisotopic (exact) mass is 324 g/mol. The van der Waals surface area contributed by atoms with E-state index in [1.54, 1.807) is 18.3 Å². The minimum atomic E-state index is -2.30. The summed E-state index contributed by atoms with van der Waals surface area (Å²) in [6, 6.07) is 6.68. The number of nitrogens with zero attached hydrogens (tertiary/aromatic N) is 3. The highest BCUT2D eigenvalue weighted by atomic mass is 16.3. The van der Waals surface area contributed by atoms with Crippen LogP contribution in [0.25, 0.3) is 22.8 Å². The normalized spacial score (nSPS) is 18.9. The Morgan fingerprint density at radius 3 is 2.88 bits per heavy atom. The first-order valence-electron chi connectivity index (χ1n) is 10.7. The average molecular weight is 324 g/mol. The zero-order valence-corrected chi connectivity index (χ0v) is 13.8. The lowest BCUT2D eigenvalue weighted by Gasteiger charge is -2.24. The van der Waals surface area contributed by atoms with Crippen LogP contribution >= 0.6 is 0 Å². The van der Waals surface area contributed by atoms with E-state index in [1.165, 1.54) is 6.07 Å². The van der Waals surface area contributed by atoms with Crippen LogP contribution in [-0.4, -0.2) is 23.7 Å². The van der Waals surface area contributed by atoms with Crippen molar-refractivity contribution in [2.45, 2.75) is 20.6 Å². The Labute approximate surface area is 150 Å². The number of aryl methyl sites for hydroxylation is 3. The van der Waals surface area contributed by atoms with Crippen LogP contribution < -0.4 is 20.8 Å². The van der Waals surface area contributed by atoms with Crippen LogP contribution in [0.2, 0.25) is 0 Å². The number of aromatic nitrogens is 2. The first-order chi connectivity index (χ1) is 13.9. The molecule has 1 aliphatic heterocycles. The molecule has 3 aromatic heterocycles. The van der Waals surface area contributed by atoms with Gasteiger partial charge in [-0.05, 0) is 63.6 Å². The molecule has 0 spiro atoms. The van der Waals surface area contributed by atoms with E-state index in [-0.39, 0.29) is 18.1 Å².